The predicted molar refractivity (Wildman–Crippen MR) is 112 cm³/mol. The SMILES string of the molecule is COc1cc([N+](=O)[O-])ccc1NC(=O)[C@@H](C)[NH2+][C@H](C)c1cccc2ccccc12. The molecule has 0 radical (unpaired) electrons. The number of hydrogen-bond acceptors (Lipinski definition) is 4. The van der Waals surface area contributed by atoms with Crippen LogP contribution in [0.4, 0.5) is 11.4 Å². The lowest BCUT2D eigenvalue weighted by atomic mass is 9.99. The van der Waals surface area contributed by atoms with Gasteiger partial charge in [0, 0.05) is 11.6 Å². The van der Waals surface area contributed by atoms with Crippen LogP contribution in [0.5, 0.6) is 5.75 Å². The van der Waals surface area contributed by atoms with E-state index in [0.29, 0.717) is 5.69 Å². The van der Waals surface area contributed by atoms with E-state index in [1.165, 1.54) is 30.7 Å². The van der Waals surface area contributed by atoms with Gasteiger partial charge in [0.2, 0.25) is 0 Å². The highest BCUT2D eigenvalue weighted by Crippen LogP contribution is 2.29. The summed E-state index contributed by atoms with van der Waals surface area (Å²) in [7, 11) is 1.41. The molecule has 0 saturated heterocycles. The number of fused-ring (bicyclic) bond motifs is 1. The van der Waals surface area contributed by atoms with Crippen molar-refractivity contribution in [1.29, 1.82) is 0 Å². The summed E-state index contributed by atoms with van der Waals surface area (Å²) in [6.07, 6.45) is 0. The van der Waals surface area contributed by atoms with E-state index >= 15 is 0 Å². The molecule has 7 heteroatoms. The number of amides is 1. The van der Waals surface area contributed by atoms with Gasteiger partial charge >= 0.3 is 0 Å². The second-order valence-electron chi connectivity index (χ2n) is 6.97. The second-order valence-corrected chi connectivity index (χ2v) is 6.97. The third kappa shape index (κ3) is 4.52. The van der Waals surface area contributed by atoms with E-state index in [1.54, 1.807) is 0 Å². The van der Waals surface area contributed by atoms with Gasteiger partial charge in [-0.1, -0.05) is 42.5 Å². The van der Waals surface area contributed by atoms with Gasteiger partial charge in [-0.15, -0.1) is 0 Å². The summed E-state index contributed by atoms with van der Waals surface area (Å²) in [6.45, 7) is 3.90. The highest BCUT2D eigenvalue weighted by molar-refractivity contribution is 5.95. The Morgan fingerprint density at radius 2 is 1.83 bits per heavy atom. The lowest BCUT2D eigenvalue weighted by Crippen LogP contribution is -2.91. The fourth-order valence-corrected chi connectivity index (χ4v) is 3.41. The molecule has 0 aliphatic carbocycles. The Hall–Kier alpha value is -3.45. The van der Waals surface area contributed by atoms with E-state index in [4.69, 9.17) is 4.74 Å². The maximum atomic E-state index is 12.7. The van der Waals surface area contributed by atoms with Gasteiger partial charge < -0.3 is 15.4 Å². The number of nitrogens with one attached hydrogen (secondary N) is 1. The molecule has 150 valence electrons. The second kappa shape index (κ2) is 8.70. The van der Waals surface area contributed by atoms with Crippen LogP contribution in [0.3, 0.4) is 0 Å². The van der Waals surface area contributed by atoms with Crippen LogP contribution in [0.15, 0.2) is 60.7 Å². The third-order valence-corrected chi connectivity index (χ3v) is 4.96. The minimum atomic E-state index is -0.504. The van der Waals surface area contributed by atoms with Crippen LogP contribution >= 0.6 is 0 Å². The molecule has 29 heavy (non-hydrogen) atoms. The normalized spacial score (nSPS) is 12.9. The van der Waals surface area contributed by atoms with Crippen molar-refractivity contribution in [2.45, 2.75) is 25.9 Å². The number of anilines is 1. The molecule has 7 nitrogen and oxygen atoms in total. The van der Waals surface area contributed by atoms with Gasteiger partial charge in [0.25, 0.3) is 11.6 Å². The maximum Gasteiger partial charge on any atom is 0.282 e. The first-order valence-corrected chi connectivity index (χ1v) is 9.36. The first-order chi connectivity index (χ1) is 13.9. The van der Waals surface area contributed by atoms with Crippen molar-refractivity contribution in [2.75, 3.05) is 12.4 Å². The Morgan fingerprint density at radius 3 is 2.55 bits per heavy atom. The van der Waals surface area contributed by atoms with Crippen molar-refractivity contribution < 1.29 is 19.8 Å². The highest BCUT2D eigenvalue weighted by Gasteiger charge is 2.23. The van der Waals surface area contributed by atoms with Crippen LogP contribution in [-0.4, -0.2) is 24.0 Å². The number of benzene rings is 3. The topological polar surface area (TPSA) is 98.1 Å². The molecule has 0 saturated carbocycles. The Morgan fingerprint density at radius 1 is 1.10 bits per heavy atom. The van der Waals surface area contributed by atoms with Gasteiger partial charge in [-0.2, -0.15) is 0 Å². The Labute approximate surface area is 168 Å². The number of nitro groups is 1. The number of nitro benzene ring substituents is 1. The summed E-state index contributed by atoms with van der Waals surface area (Å²) >= 11 is 0. The van der Waals surface area contributed by atoms with Gasteiger partial charge in [0.15, 0.2) is 6.04 Å². The van der Waals surface area contributed by atoms with Crippen molar-refractivity contribution in [3.8, 4) is 5.75 Å². The number of nitrogens with zero attached hydrogens (tertiary/aromatic N) is 1. The average Bonchev–Trinajstić information content (AvgIpc) is 2.73. The predicted octanol–water partition coefficient (Wildman–Crippen LogP) is 3.41. The number of nitrogens with two attached hydrogens (primary N) is 1. The molecule has 0 heterocycles. The van der Waals surface area contributed by atoms with E-state index in [9.17, 15) is 14.9 Å². The van der Waals surface area contributed by atoms with Crippen LogP contribution in [-0.2, 0) is 4.79 Å². The van der Waals surface area contributed by atoms with Crippen LogP contribution in [0.2, 0.25) is 0 Å². The van der Waals surface area contributed by atoms with Crippen molar-refractivity contribution in [3.63, 3.8) is 0 Å². The summed E-state index contributed by atoms with van der Waals surface area (Å²) in [5.41, 5.74) is 1.47. The lowest BCUT2D eigenvalue weighted by Gasteiger charge is -2.19. The minimum Gasteiger partial charge on any atom is -0.494 e. The number of non-ortho nitro benzene ring substituents is 1. The molecule has 3 rings (SSSR count). The van der Waals surface area contributed by atoms with Crippen molar-refractivity contribution in [2.24, 2.45) is 0 Å². The van der Waals surface area contributed by atoms with Crippen molar-refractivity contribution >= 4 is 28.1 Å². The molecule has 0 aromatic heterocycles. The molecule has 1 amide bonds. The number of methoxy groups -OCH3 is 1. The molecule has 0 fully saturated rings. The third-order valence-electron chi connectivity index (χ3n) is 4.96. The van der Waals surface area contributed by atoms with E-state index in [-0.39, 0.29) is 29.4 Å². The molecule has 0 aliphatic heterocycles. The molecular weight excluding hydrogens is 370 g/mol. The molecule has 3 N–H and O–H groups in total. The van der Waals surface area contributed by atoms with Crippen molar-refractivity contribution in [1.82, 2.24) is 0 Å². The van der Waals surface area contributed by atoms with Gasteiger partial charge in [-0.05, 0) is 30.7 Å². The summed E-state index contributed by atoms with van der Waals surface area (Å²) in [4.78, 5) is 23.1. The molecule has 0 bridgehead atoms. The van der Waals surface area contributed by atoms with Crippen LogP contribution < -0.4 is 15.4 Å². The Kier molecular flexibility index (Phi) is 6.09. The first-order valence-electron chi connectivity index (χ1n) is 9.36. The molecule has 3 aromatic rings. The summed E-state index contributed by atoms with van der Waals surface area (Å²) in [5.74, 6) is 0.0473. The molecule has 0 spiro atoms. The van der Waals surface area contributed by atoms with Gasteiger partial charge in [-0.3, -0.25) is 14.9 Å². The van der Waals surface area contributed by atoms with Gasteiger partial charge in [0.1, 0.15) is 11.8 Å². The fraction of sp³-hybridized carbons (Fsp3) is 0.227. The summed E-state index contributed by atoms with van der Waals surface area (Å²) < 4.78 is 5.19. The Bertz CT molecular complexity index is 1050. The molecule has 0 aliphatic rings. The number of carbonyl (C=O) groups excluding carboxylic acids is 1. The molecular formula is C22H24N3O4+. The average molecular weight is 394 g/mol. The molecule has 3 aromatic carbocycles. The highest BCUT2D eigenvalue weighted by atomic mass is 16.6. The van der Waals surface area contributed by atoms with Gasteiger partial charge in [-0.25, -0.2) is 0 Å². The largest absolute Gasteiger partial charge is 0.494 e. The first kappa shape index (κ1) is 20.3. The molecule has 0 unspecified atom stereocenters. The zero-order chi connectivity index (χ0) is 21.0. The number of hydrogen-bond donors (Lipinski definition) is 2. The number of quaternary nitrogens is 1. The van der Waals surface area contributed by atoms with Gasteiger partial charge in [0.05, 0.1) is 23.8 Å². The number of carbonyl (C=O) groups is 1. The number of rotatable bonds is 7. The molecule has 2 atom stereocenters. The van der Waals surface area contributed by atoms with Crippen LogP contribution in [0.1, 0.15) is 25.5 Å². The fourth-order valence-electron chi connectivity index (χ4n) is 3.41. The lowest BCUT2D eigenvalue weighted by molar-refractivity contribution is -0.709. The minimum absolute atomic E-state index is 0.0700. The van der Waals surface area contributed by atoms with E-state index in [1.807, 2.05) is 30.4 Å². The maximum absolute atomic E-state index is 12.7. The Balaban J connectivity index is 1.73. The monoisotopic (exact) mass is 394 g/mol. The smallest absolute Gasteiger partial charge is 0.282 e. The van der Waals surface area contributed by atoms with Crippen LogP contribution in [0, 0.1) is 10.1 Å². The quantitative estimate of drug-likeness (QED) is 0.474. The summed E-state index contributed by atoms with van der Waals surface area (Å²) in [6, 6.07) is 18.2. The number of ether oxygens (including phenoxy) is 1. The standard InChI is InChI=1S/C22H23N3O4/c1-14(18-10-6-8-16-7-4-5-9-19(16)18)23-15(2)22(26)24-20-12-11-17(25(27)28)13-21(20)29-3/h4-15,23H,1-3H3,(H,24,26)/p+1/t14-,15-/m1/s1. The summed E-state index contributed by atoms with van der Waals surface area (Å²) in [5, 5.41) is 18.1. The van der Waals surface area contributed by atoms with Crippen molar-refractivity contribution in [3.05, 3.63) is 76.3 Å². The van der Waals surface area contributed by atoms with E-state index < -0.39 is 4.92 Å². The van der Waals surface area contributed by atoms with E-state index in [0.717, 1.165) is 10.9 Å². The van der Waals surface area contributed by atoms with E-state index in [2.05, 4.69) is 36.5 Å². The van der Waals surface area contributed by atoms with Crippen LogP contribution in [0.25, 0.3) is 10.8 Å². The zero-order valence-corrected chi connectivity index (χ0v) is 16.6. The zero-order valence-electron chi connectivity index (χ0n) is 16.6.